The molecule has 0 bridgehead atoms. The van der Waals surface area contributed by atoms with Gasteiger partial charge in [-0.15, -0.1) is 0 Å². The Morgan fingerprint density at radius 2 is 1.70 bits per heavy atom. The Labute approximate surface area is 158 Å². The molecule has 0 atom stereocenters. The van der Waals surface area contributed by atoms with Crippen LogP contribution >= 0.6 is 0 Å². The highest BCUT2D eigenvalue weighted by Gasteiger charge is 2.04. The molecule has 0 saturated heterocycles. The Morgan fingerprint density at radius 1 is 1.00 bits per heavy atom. The molecular weight excluding hydrogens is 340 g/mol. The fourth-order valence-electron chi connectivity index (χ4n) is 2.53. The average molecular weight is 360 g/mol. The number of ether oxygens (including phenoxy) is 1. The number of nitro groups is 1. The second-order valence-corrected chi connectivity index (χ2v) is 6.33. The highest BCUT2D eigenvalue weighted by molar-refractivity contribution is 5.82. The molecule has 27 heavy (non-hydrogen) atoms. The molecule has 0 N–H and O–H groups in total. The summed E-state index contributed by atoms with van der Waals surface area (Å²) in [6.07, 6.45) is 1.84. The van der Waals surface area contributed by atoms with E-state index in [9.17, 15) is 10.1 Å². The van der Waals surface area contributed by atoms with Crippen molar-refractivity contribution in [2.24, 2.45) is 4.99 Å². The van der Waals surface area contributed by atoms with Crippen molar-refractivity contribution < 1.29 is 9.66 Å². The molecule has 0 spiro atoms. The lowest BCUT2D eigenvalue weighted by molar-refractivity contribution is -0.384. The van der Waals surface area contributed by atoms with Gasteiger partial charge in [-0.2, -0.15) is 0 Å². The predicted molar refractivity (Wildman–Crippen MR) is 107 cm³/mol. The summed E-state index contributed by atoms with van der Waals surface area (Å²) in [4.78, 5) is 14.8. The summed E-state index contributed by atoms with van der Waals surface area (Å²) in [7, 11) is 0. The van der Waals surface area contributed by atoms with Gasteiger partial charge in [-0.1, -0.05) is 12.1 Å². The van der Waals surface area contributed by atoms with Gasteiger partial charge in [0.2, 0.25) is 0 Å². The van der Waals surface area contributed by atoms with Gasteiger partial charge in [0.1, 0.15) is 12.4 Å². The lowest BCUT2D eigenvalue weighted by Gasteiger charge is -2.06. The quantitative estimate of drug-likeness (QED) is 0.329. The number of nitro benzene ring substituents is 1. The van der Waals surface area contributed by atoms with Crippen LogP contribution in [0.4, 0.5) is 11.4 Å². The summed E-state index contributed by atoms with van der Waals surface area (Å²) >= 11 is 0. The van der Waals surface area contributed by atoms with Crippen molar-refractivity contribution in [2.45, 2.75) is 20.5 Å². The van der Waals surface area contributed by atoms with Gasteiger partial charge < -0.3 is 4.74 Å². The molecule has 136 valence electrons. The van der Waals surface area contributed by atoms with E-state index in [2.05, 4.69) is 30.1 Å². The number of nitrogens with zero attached hydrogens (tertiary/aromatic N) is 2. The first-order chi connectivity index (χ1) is 13.0. The molecule has 3 aromatic rings. The first kappa shape index (κ1) is 18.3. The summed E-state index contributed by atoms with van der Waals surface area (Å²) in [5, 5.41) is 10.7. The lowest BCUT2D eigenvalue weighted by atomic mass is 10.1. The highest BCUT2D eigenvalue weighted by Crippen LogP contribution is 2.20. The van der Waals surface area contributed by atoms with E-state index in [0.717, 1.165) is 28.1 Å². The fraction of sp³-hybridized carbons (Fsp3) is 0.136. The Hall–Kier alpha value is -3.47. The fourth-order valence-corrected chi connectivity index (χ4v) is 2.53. The van der Waals surface area contributed by atoms with Gasteiger partial charge in [0.25, 0.3) is 5.69 Å². The third kappa shape index (κ3) is 5.01. The molecule has 0 amide bonds. The number of non-ortho nitro benzene ring substituents is 1. The van der Waals surface area contributed by atoms with Crippen LogP contribution in [0.3, 0.4) is 0 Å². The van der Waals surface area contributed by atoms with Gasteiger partial charge in [-0.3, -0.25) is 15.1 Å². The number of benzene rings is 3. The van der Waals surface area contributed by atoms with Crippen molar-refractivity contribution in [3.63, 3.8) is 0 Å². The summed E-state index contributed by atoms with van der Waals surface area (Å²) < 4.78 is 5.73. The van der Waals surface area contributed by atoms with E-state index < -0.39 is 4.92 Å². The lowest BCUT2D eigenvalue weighted by Crippen LogP contribution is -1.96. The van der Waals surface area contributed by atoms with Crippen LogP contribution in [0.5, 0.6) is 5.75 Å². The van der Waals surface area contributed by atoms with Gasteiger partial charge >= 0.3 is 0 Å². The molecule has 0 aliphatic heterocycles. The summed E-state index contributed by atoms with van der Waals surface area (Å²) in [5.41, 5.74) is 5.22. The monoisotopic (exact) mass is 360 g/mol. The number of rotatable bonds is 6. The summed E-state index contributed by atoms with van der Waals surface area (Å²) in [5.74, 6) is 0.734. The van der Waals surface area contributed by atoms with Crippen molar-refractivity contribution in [3.8, 4) is 5.75 Å². The molecule has 0 radical (unpaired) electrons. The van der Waals surface area contributed by atoms with E-state index in [1.165, 1.54) is 17.7 Å². The Bertz CT molecular complexity index is 962. The third-order valence-corrected chi connectivity index (χ3v) is 4.15. The van der Waals surface area contributed by atoms with E-state index >= 15 is 0 Å². The molecule has 0 aliphatic carbocycles. The van der Waals surface area contributed by atoms with Crippen molar-refractivity contribution >= 4 is 17.6 Å². The highest BCUT2D eigenvalue weighted by atomic mass is 16.6. The minimum atomic E-state index is -0.414. The minimum Gasteiger partial charge on any atom is -0.489 e. The molecule has 0 fully saturated rings. The zero-order valence-corrected chi connectivity index (χ0v) is 15.3. The van der Waals surface area contributed by atoms with Crippen LogP contribution in [0.25, 0.3) is 0 Å². The van der Waals surface area contributed by atoms with E-state index in [4.69, 9.17) is 4.74 Å². The van der Waals surface area contributed by atoms with Crippen LogP contribution in [0.15, 0.2) is 71.7 Å². The minimum absolute atomic E-state index is 0.0752. The molecule has 0 saturated carbocycles. The van der Waals surface area contributed by atoms with Gasteiger partial charge in [0, 0.05) is 18.3 Å². The number of hydrogen-bond donors (Lipinski definition) is 0. The molecular formula is C22H20N2O3. The zero-order valence-electron chi connectivity index (χ0n) is 15.3. The van der Waals surface area contributed by atoms with E-state index in [-0.39, 0.29) is 5.69 Å². The Morgan fingerprint density at radius 3 is 2.37 bits per heavy atom. The van der Waals surface area contributed by atoms with Crippen LogP contribution in [0.1, 0.15) is 22.3 Å². The molecule has 0 unspecified atom stereocenters. The maximum absolute atomic E-state index is 10.7. The van der Waals surface area contributed by atoms with E-state index in [1.54, 1.807) is 12.1 Å². The summed E-state index contributed by atoms with van der Waals surface area (Å²) in [6.45, 7) is 4.45. The van der Waals surface area contributed by atoms with Crippen molar-refractivity contribution in [1.29, 1.82) is 0 Å². The molecule has 0 aliphatic rings. The van der Waals surface area contributed by atoms with Crippen LogP contribution in [-0.2, 0) is 6.61 Å². The standard InChI is InChI=1S/C22H20N2O3/c1-16-3-4-17(2)22(13-16)23-14-18-7-11-21(12-8-18)27-15-19-5-9-20(10-6-19)24(25)26/h3-14H,15H2,1-2H3. The largest absolute Gasteiger partial charge is 0.489 e. The van der Waals surface area contributed by atoms with Crippen LogP contribution in [0.2, 0.25) is 0 Å². The molecule has 0 heterocycles. The Kier molecular flexibility index (Phi) is 5.61. The topological polar surface area (TPSA) is 64.7 Å². The second-order valence-electron chi connectivity index (χ2n) is 6.33. The zero-order chi connectivity index (χ0) is 19.2. The van der Waals surface area contributed by atoms with Gasteiger partial charge in [0.15, 0.2) is 0 Å². The average Bonchev–Trinajstić information content (AvgIpc) is 2.68. The maximum Gasteiger partial charge on any atom is 0.269 e. The van der Waals surface area contributed by atoms with E-state index in [1.807, 2.05) is 37.4 Å². The SMILES string of the molecule is Cc1ccc(C)c(N=Cc2ccc(OCc3ccc([N+](=O)[O-])cc3)cc2)c1. The predicted octanol–water partition coefficient (Wildman–Crippen LogP) is 5.54. The number of aryl methyl sites for hydroxylation is 2. The smallest absolute Gasteiger partial charge is 0.269 e. The van der Waals surface area contributed by atoms with Crippen molar-refractivity contribution in [1.82, 2.24) is 0 Å². The molecule has 0 aromatic heterocycles. The normalized spacial score (nSPS) is 10.9. The van der Waals surface area contributed by atoms with Crippen LogP contribution in [0, 0.1) is 24.0 Å². The van der Waals surface area contributed by atoms with E-state index in [0.29, 0.717) is 6.61 Å². The first-order valence-electron chi connectivity index (χ1n) is 8.59. The van der Waals surface area contributed by atoms with Crippen molar-refractivity contribution in [2.75, 3.05) is 0 Å². The second kappa shape index (κ2) is 8.27. The van der Waals surface area contributed by atoms with Gasteiger partial charge in [-0.25, -0.2) is 0 Å². The van der Waals surface area contributed by atoms with Crippen LogP contribution in [-0.4, -0.2) is 11.1 Å². The van der Waals surface area contributed by atoms with Gasteiger partial charge in [-0.05, 0) is 78.6 Å². The summed E-state index contributed by atoms with van der Waals surface area (Å²) in [6, 6.07) is 20.2. The maximum atomic E-state index is 10.7. The van der Waals surface area contributed by atoms with Gasteiger partial charge in [0.05, 0.1) is 10.6 Å². The Balaban J connectivity index is 1.60. The molecule has 3 rings (SSSR count). The number of aliphatic imine (C=N–C) groups is 1. The van der Waals surface area contributed by atoms with Crippen molar-refractivity contribution in [3.05, 3.63) is 99.1 Å². The molecule has 3 aromatic carbocycles. The van der Waals surface area contributed by atoms with Crippen LogP contribution < -0.4 is 4.74 Å². The first-order valence-corrected chi connectivity index (χ1v) is 8.59. The molecule has 5 heteroatoms. The molecule has 5 nitrogen and oxygen atoms in total. The number of hydrogen-bond acceptors (Lipinski definition) is 4. The third-order valence-electron chi connectivity index (χ3n) is 4.15.